The minimum absolute atomic E-state index is 0.0438. The summed E-state index contributed by atoms with van der Waals surface area (Å²) in [6, 6.07) is 5.05. The van der Waals surface area contributed by atoms with Crippen LogP contribution in [-0.2, 0) is 4.79 Å². The predicted octanol–water partition coefficient (Wildman–Crippen LogP) is 2.59. The Balaban J connectivity index is 2.35. The molecule has 0 aromatic heterocycles. The number of nitrogens with zero attached hydrogens (tertiary/aromatic N) is 2. The molecule has 2 rings (SSSR count). The first-order valence-electron chi connectivity index (χ1n) is 6.63. The molecule has 1 aliphatic heterocycles. The Morgan fingerprint density at radius 1 is 1.55 bits per heavy atom. The summed E-state index contributed by atoms with van der Waals surface area (Å²) in [5, 5.41) is 20.5. The number of benzene rings is 1. The maximum Gasteiger partial charge on any atom is 0.311 e. The fourth-order valence-corrected chi connectivity index (χ4v) is 2.74. The standard InChI is InChI=1S/C14H18N2O4/c1-3-14(13(17)18)6-7-15(9-14)11-5-4-10(2)8-12(11)16(19)20/h4-5,8H,3,6-7,9H2,1-2H3,(H,17,18). The van der Waals surface area contributed by atoms with Gasteiger partial charge in [0, 0.05) is 19.2 Å². The van der Waals surface area contributed by atoms with Crippen molar-refractivity contribution in [2.75, 3.05) is 18.0 Å². The summed E-state index contributed by atoms with van der Waals surface area (Å²) < 4.78 is 0. The first-order valence-corrected chi connectivity index (χ1v) is 6.63. The number of hydrogen-bond donors (Lipinski definition) is 1. The molecular weight excluding hydrogens is 260 g/mol. The second-order valence-electron chi connectivity index (χ2n) is 5.36. The molecule has 1 aromatic carbocycles. The molecule has 0 radical (unpaired) electrons. The third kappa shape index (κ3) is 2.33. The number of rotatable bonds is 4. The van der Waals surface area contributed by atoms with Crippen LogP contribution in [0.2, 0.25) is 0 Å². The molecule has 6 nitrogen and oxygen atoms in total. The normalized spacial score (nSPS) is 22.0. The zero-order valence-corrected chi connectivity index (χ0v) is 11.6. The highest BCUT2D eigenvalue weighted by atomic mass is 16.6. The highest BCUT2D eigenvalue weighted by Crippen LogP contribution is 2.39. The summed E-state index contributed by atoms with van der Waals surface area (Å²) >= 11 is 0. The summed E-state index contributed by atoms with van der Waals surface area (Å²) in [6.07, 6.45) is 1.04. The van der Waals surface area contributed by atoms with E-state index >= 15 is 0 Å². The van der Waals surface area contributed by atoms with Crippen molar-refractivity contribution in [3.63, 3.8) is 0 Å². The van der Waals surface area contributed by atoms with Crippen molar-refractivity contribution in [2.24, 2.45) is 5.41 Å². The first kappa shape index (κ1) is 14.3. The van der Waals surface area contributed by atoms with E-state index in [0.717, 1.165) is 5.56 Å². The lowest BCUT2D eigenvalue weighted by molar-refractivity contribution is -0.384. The molecule has 0 bridgehead atoms. The van der Waals surface area contributed by atoms with Gasteiger partial charge >= 0.3 is 5.97 Å². The molecule has 1 N–H and O–H groups in total. The van der Waals surface area contributed by atoms with Crippen LogP contribution in [0, 0.1) is 22.5 Å². The van der Waals surface area contributed by atoms with Crippen molar-refractivity contribution >= 4 is 17.3 Å². The largest absolute Gasteiger partial charge is 0.481 e. The number of aryl methyl sites for hydroxylation is 1. The van der Waals surface area contributed by atoms with Crippen molar-refractivity contribution in [3.8, 4) is 0 Å². The summed E-state index contributed by atoms with van der Waals surface area (Å²) in [5.41, 5.74) is 0.581. The quantitative estimate of drug-likeness (QED) is 0.676. The Morgan fingerprint density at radius 3 is 2.75 bits per heavy atom. The number of aliphatic carboxylic acids is 1. The van der Waals surface area contributed by atoms with E-state index in [9.17, 15) is 20.0 Å². The Labute approximate surface area is 117 Å². The Bertz CT molecular complexity index is 558. The van der Waals surface area contributed by atoms with Gasteiger partial charge in [-0.05, 0) is 31.4 Å². The number of carboxylic acid groups (broad SMARTS) is 1. The number of anilines is 1. The van der Waals surface area contributed by atoms with Gasteiger partial charge in [0.1, 0.15) is 5.69 Å². The summed E-state index contributed by atoms with van der Waals surface area (Å²) in [7, 11) is 0. The molecule has 0 spiro atoms. The van der Waals surface area contributed by atoms with Crippen molar-refractivity contribution in [2.45, 2.75) is 26.7 Å². The number of carbonyl (C=O) groups is 1. The highest BCUT2D eigenvalue weighted by Gasteiger charge is 2.44. The fourth-order valence-electron chi connectivity index (χ4n) is 2.74. The van der Waals surface area contributed by atoms with E-state index in [1.807, 2.05) is 17.9 Å². The van der Waals surface area contributed by atoms with Crippen LogP contribution in [0.3, 0.4) is 0 Å². The van der Waals surface area contributed by atoms with Crippen LogP contribution in [0.1, 0.15) is 25.3 Å². The molecule has 108 valence electrons. The Kier molecular flexibility index (Phi) is 3.65. The number of nitro groups is 1. The maximum atomic E-state index is 11.4. The van der Waals surface area contributed by atoms with Crippen LogP contribution >= 0.6 is 0 Å². The van der Waals surface area contributed by atoms with Crippen LogP contribution in [0.5, 0.6) is 0 Å². The molecule has 1 atom stereocenters. The van der Waals surface area contributed by atoms with E-state index in [-0.39, 0.29) is 5.69 Å². The van der Waals surface area contributed by atoms with Crippen molar-refractivity contribution in [1.29, 1.82) is 0 Å². The van der Waals surface area contributed by atoms with Gasteiger partial charge in [0.15, 0.2) is 0 Å². The van der Waals surface area contributed by atoms with Crippen molar-refractivity contribution in [3.05, 3.63) is 33.9 Å². The van der Waals surface area contributed by atoms with Gasteiger partial charge in [0.25, 0.3) is 5.69 Å². The minimum atomic E-state index is -0.822. The van der Waals surface area contributed by atoms with Gasteiger partial charge in [0.05, 0.1) is 10.3 Å². The number of carboxylic acids is 1. The molecule has 1 fully saturated rings. The molecule has 1 heterocycles. The lowest BCUT2D eigenvalue weighted by Crippen LogP contribution is -2.34. The molecule has 20 heavy (non-hydrogen) atoms. The van der Waals surface area contributed by atoms with E-state index < -0.39 is 16.3 Å². The zero-order chi connectivity index (χ0) is 14.9. The molecule has 1 saturated heterocycles. The second-order valence-corrected chi connectivity index (χ2v) is 5.36. The van der Waals surface area contributed by atoms with E-state index in [1.54, 1.807) is 13.0 Å². The minimum Gasteiger partial charge on any atom is -0.481 e. The molecule has 1 aromatic rings. The lowest BCUT2D eigenvalue weighted by atomic mass is 9.84. The fraction of sp³-hybridized carbons (Fsp3) is 0.500. The van der Waals surface area contributed by atoms with Gasteiger partial charge in [-0.3, -0.25) is 14.9 Å². The van der Waals surface area contributed by atoms with Gasteiger partial charge < -0.3 is 10.0 Å². The zero-order valence-electron chi connectivity index (χ0n) is 11.6. The smallest absolute Gasteiger partial charge is 0.311 e. The molecule has 0 amide bonds. The van der Waals surface area contributed by atoms with Gasteiger partial charge in [-0.25, -0.2) is 0 Å². The number of hydrogen-bond acceptors (Lipinski definition) is 4. The van der Waals surface area contributed by atoms with Gasteiger partial charge in [-0.1, -0.05) is 13.0 Å². The second kappa shape index (κ2) is 5.11. The summed E-state index contributed by atoms with van der Waals surface area (Å²) in [6.45, 7) is 4.50. The molecule has 0 aliphatic carbocycles. The Morgan fingerprint density at radius 2 is 2.25 bits per heavy atom. The third-order valence-corrected chi connectivity index (χ3v) is 4.15. The molecule has 0 saturated carbocycles. The van der Waals surface area contributed by atoms with Crippen molar-refractivity contribution in [1.82, 2.24) is 0 Å². The van der Waals surface area contributed by atoms with E-state index in [4.69, 9.17) is 0 Å². The molecule has 6 heteroatoms. The van der Waals surface area contributed by atoms with Crippen LogP contribution in [-0.4, -0.2) is 29.1 Å². The average Bonchev–Trinajstić information content (AvgIpc) is 2.84. The van der Waals surface area contributed by atoms with Gasteiger partial charge in [-0.2, -0.15) is 0 Å². The van der Waals surface area contributed by atoms with Gasteiger partial charge in [-0.15, -0.1) is 0 Å². The van der Waals surface area contributed by atoms with Crippen LogP contribution in [0.4, 0.5) is 11.4 Å². The average molecular weight is 278 g/mol. The van der Waals surface area contributed by atoms with Crippen LogP contribution in [0.15, 0.2) is 18.2 Å². The molecule has 1 unspecified atom stereocenters. The van der Waals surface area contributed by atoms with E-state index in [2.05, 4.69) is 0 Å². The molecular formula is C14H18N2O4. The van der Waals surface area contributed by atoms with Crippen LogP contribution < -0.4 is 4.90 Å². The third-order valence-electron chi connectivity index (χ3n) is 4.15. The van der Waals surface area contributed by atoms with E-state index in [1.165, 1.54) is 6.07 Å². The first-order chi connectivity index (χ1) is 9.39. The SMILES string of the molecule is CCC1(C(=O)O)CCN(c2ccc(C)cc2[N+](=O)[O-])C1. The summed E-state index contributed by atoms with van der Waals surface area (Å²) in [5.74, 6) is -0.822. The highest BCUT2D eigenvalue weighted by molar-refractivity contribution is 5.77. The number of nitro benzene ring substituents is 1. The predicted molar refractivity (Wildman–Crippen MR) is 75.0 cm³/mol. The monoisotopic (exact) mass is 278 g/mol. The summed E-state index contributed by atoms with van der Waals surface area (Å²) in [4.78, 5) is 24.0. The molecule has 1 aliphatic rings. The topological polar surface area (TPSA) is 83.7 Å². The van der Waals surface area contributed by atoms with Gasteiger partial charge in [0.2, 0.25) is 0 Å². The van der Waals surface area contributed by atoms with Crippen LogP contribution in [0.25, 0.3) is 0 Å². The maximum absolute atomic E-state index is 11.4. The Hall–Kier alpha value is -2.11. The van der Waals surface area contributed by atoms with E-state index in [0.29, 0.717) is 31.6 Å². The van der Waals surface area contributed by atoms with Crippen molar-refractivity contribution < 1.29 is 14.8 Å². The lowest BCUT2D eigenvalue weighted by Gasteiger charge is -2.24.